The molecule has 0 rings (SSSR count). The molecular formula is H4F4O3Zr. The Bertz CT molecular complexity index is 11.2. The van der Waals surface area contributed by atoms with Crippen LogP contribution in [0.3, 0.4) is 0 Å². The van der Waals surface area contributed by atoms with E-state index >= 15 is 0 Å². The average molecular weight is 219 g/mol. The fraction of sp³-hybridized carbons (Fsp3) is 0. The molecule has 0 saturated heterocycles. The molecule has 3 nitrogen and oxygen atoms in total. The van der Waals surface area contributed by atoms with Crippen molar-refractivity contribution >= 4 is 0 Å². The summed E-state index contributed by atoms with van der Waals surface area (Å²) >= 11 is 0.300. The molecule has 8 heavy (non-hydrogen) atoms. The molecule has 0 unspecified atom stereocenters. The quantitative estimate of drug-likeness (QED) is 0.560. The fourth-order valence-electron chi connectivity index (χ4n) is 0. The normalized spacial score (nSPS) is 1.88. The van der Waals surface area contributed by atoms with Crippen molar-refractivity contribution in [3.05, 3.63) is 0 Å². The van der Waals surface area contributed by atoms with Gasteiger partial charge in [-0.3, -0.25) is 9.41 Å². The Balaban J connectivity index is -0.00000000500. The van der Waals surface area contributed by atoms with Gasteiger partial charge in [-0.1, -0.05) is 9.05 Å². The zero-order valence-electron chi connectivity index (χ0n) is 3.38. The molecule has 8 heteroatoms. The number of rotatable bonds is 0. The topological polar surface area (TPSA) is 57.5 Å². The van der Waals surface area contributed by atoms with Gasteiger partial charge in [0.1, 0.15) is 0 Å². The first-order valence-corrected chi connectivity index (χ1v) is 1.55. The summed E-state index contributed by atoms with van der Waals surface area (Å²) in [6, 6.07) is 0. The summed E-state index contributed by atoms with van der Waals surface area (Å²) in [7, 11) is 0. The van der Waals surface area contributed by atoms with Crippen molar-refractivity contribution in [1.29, 1.82) is 0 Å². The number of hydrogen-bond donors (Lipinski definition) is 2. The first kappa shape index (κ1) is 40.4. The molecule has 0 spiro atoms. The van der Waals surface area contributed by atoms with Crippen molar-refractivity contribution in [3.63, 3.8) is 0 Å². The van der Waals surface area contributed by atoms with Gasteiger partial charge in [0.05, 0.1) is 0 Å². The minimum absolute atomic E-state index is 0. The first-order valence-electron chi connectivity index (χ1n) is 0.542. The van der Waals surface area contributed by atoms with Crippen LogP contribution in [0.15, 0.2) is 0 Å². The predicted molar refractivity (Wildman–Crippen MR) is 12.3 cm³/mol. The summed E-state index contributed by atoms with van der Waals surface area (Å²) in [5.74, 6) is 0. The summed E-state index contributed by atoms with van der Waals surface area (Å²) in [5.41, 5.74) is 0. The molecule has 0 fully saturated rings. The number of hydrogen-bond acceptors (Lipinski definition) is 3. The molecule has 2 N–H and O–H groups in total. The van der Waals surface area contributed by atoms with Crippen molar-refractivity contribution in [2.75, 3.05) is 0 Å². The molecular weight excluding hydrogens is 215 g/mol. The van der Waals surface area contributed by atoms with Gasteiger partial charge in [-0.05, 0) is 0 Å². The molecule has 54 valence electrons. The third-order valence-corrected chi connectivity index (χ3v) is 0. The van der Waals surface area contributed by atoms with E-state index in [1.165, 1.54) is 0 Å². The molecule has 0 atom stereocenters. The molecule has 0 aliphatic carbocycles. The van der Waals surface area contributed by atoms with E-state index in [9.17, 15) is 0 Å². The standard InChI is InChI=1S/2FHO.2FH.O.Zr/c2*1-2;;;;/h2*2H;2*1H;;. The van der Waals surface area contributed by atoms with Crippen LogP contribution in [-0.4, -0.2) is 10.6 Å². The zero-order valence-corrected chi connectivity index (χ0v) is 5.83. The van der Waals surface area contributed by atoms with E-state index in [1.54, 1.807) is 0 Å². The van der Waals surface area contributed by atoms with Crippen molar-refractivity contribution in [2.24, 2.45) is 0 Å². The van der Waals surface area contributed by atoms with Gasteiger partial charge < -0.3 is 0 Å². The molecule has 0 aliphatic heterocycles. The van der Waals surface area contributed by atoms with Crippen LogP contribution in [0, 0.1) is 0 Å². The molecule has 0 aromatic heterocycles. The Hall–Kier alpha value is 0.323. The van der Waals surface area contributed by atoms with Crippen LogP contribution in [0.1, 0.15) is 0 Å². The maximum absolute atomic E-state index is 8.50. The molecule has 0 aromatic rings. The Morgan fingerprint density at radius 1 is 0.875 bits per heavy atom. The second-order valence-electron chi connectivity index (χ2n) is 0. The predicted octanol–water partition coefficient (Wildman–Crippen LogP) is -0.0899. The van der Waals surface area contributed by atoms with Crippen LogP contribution in [0.25, 0.3) is 0 Å². The van der Waals surface area contributed by atoms with E-state index in [4.69, 9.17) is 22.5 Å². The Kier molecular flexibility index (Phi) is 14200. The van der Waals surface area contributed by atoms with Crippen LogP contribution in [-0.2, 0) is 27.5 Å². The Labute approximate surface area is 57.1 Å². The van der Waals surface area contributed by atoms with E-state index in [0.29, 0.717) is 24.7 Å². The second kappa shape index (κ2) is 2800. The van der Waals surface area contributed by atoms with Crippen LogP contribution in [0.5, 0.6) is 0 Å². The van der Waals surface area contributed by atoms with Crippen LogP contribution >= 0.6 is 0 Å². The van der Waals surface area contributed by atoms with E-state index in [2.05, 4.69) is 0 Å². The van der Waals surface area contributed by atoms with Crippen molar-refractivity contribution < 1.29 is 56.6 Å². The van der Waals surface area contributed by atoms with Crippen molar-refractivity contribution in [2.45, 2.75) is 0 Å². The van der Waals surface area contributed by atoms with Crippen LogP contribution < -0.4 is 0 Å². The van der Waals surface area contributed by atoms with Crippen LogP contribution in [0.2, 0.25) is 0 Å². The van der Waals surface area contributed by atoms with Crippen LogP contribution in [0.4, 0.5) is 18.5 Å². The molecule has 0 aliphatic rings. The molecule has 0 saturated carbocycles. The Morgan fingerprint density at radius 2 is 0.875 bits per heavy atom. The number of halogens is 4. The third kappa shape index (κ3) is 1720. The first-order chi connectivity index (χ1) is 3.00. The van der Waals surface area contributed by atoms with E-state index in [1.807, 2.05) is 0 Å². The zero-order chi connectivity index (χ0) is 6.00. The molecule has 0 amide bonds. The second-order valence-corrected chi connectivity index (χ2v) is 0. The van der Waals surface area contributed by atoms with Gasteiger partial charge in [-0.15, -0.1) is 0 Å². The average Bonchev–Trinajstić information content (AvgIpc) is 1.81. The maximum atomic E-state index is 8.50. The van der Waals surface area contributed by atoms with Crippen molar-refractivity contribution in [3.8, 4) is 0 Å². The van der Waals surface area contributed by atoms with Gasteiger partial charge in [0.15, 0.2) is 0 Å². The van der Waals surface area contributed by atoms with E-state index < -0.39 is 0 Å². The summed E-state index contributed by atoms with van der Waals surface area (Å²) in [4.78, 5) is 0. The van der Waals surface area contributed by atoms with Gasteiger partial charge in [0.25, 0.3) is 0 Å². The third-order valence-electron chi connectivity index (χ3n) is 0. The van der Waals surface area contributed by atoms with E-state index in [0.717, 1.165) is 0 Å². The minimum atomic E-state index is 0. The summed E-state index contributed by atoms with van der Waals surface area (Å²) < 4.78 is 25.3. The summed E-state index contributed by atoms with van der Waals surface area (Å²) in [5, 5.41) is 11.0. The van der Waals surface area contributed by atoms with Crippen molar-refractivity contribution in [1.82, 2.24) is 0 Å². The fourth-order valence-corrected chi connectivity index (χ4v) is 0. The van der Waals surface area contributed by atoms with Gasteiger partial charge in [-0.2, -0.15) is 0 Å². The van der Waals surface area contributed by atoms with Gasteiger partial charge >= 0.3 is 27.5 Å². The molecule has 0 heterocycles. The van der Waals surface area contributed by atoms with Gasteiger partial charge in [-0.25, -0.2) is 10.6 Å². The SMILES string of the molecule is F.F.OF.OF.[O]=[Zr]. The summed E-state index contributed by atoms with van der Waals surface area (Å²) in [6.07, 6.45) is 0. The van der Waals surface area contributed by atoms with Gasteiger partial charge in [0, 0.05) is 0 Å². The molecule has 0 aromatic carbocycles. The monoisotopic (exact) mass is 218 g/mol. The molecule has 0 bridgehead atoms. The Morgan fingerprint density at radius 3 is 0.875 bits per heavy atom. The molecule has 0 radical (unpaired) electrons. The van der Waals surface area contributed by atoms with E-state index in [-0.39, 0.29) is 9.41 Å². The van der Waals surface area contributed by atoms with Gasteiger partial charge in [0.2, 0.25) is 0 Å². The summed E-state index contributed by atoms with van der Waals surface area (Å²) in [6.45, 7) is 0.